The second-order valence-corrected chi connectivity index (χ2v) is 6.24. The van der Waals surface area contributed by atoms with Crippen LogP contribution in [-0.4, -0.2) is 41.8 Å². The SMILES string of the molecule is COC(=O)C1=C(C#N)NC(C)=C(C(=O)OC(C)CO)C1c1cccc([N+](=O)[O-])c1. The molecule has 0 bridgehead atoms. The lowest BCUT2D eigenvalue weighted by atomic mass is 9.80. The van der Waals surface area contributed by atoms with Gasteiger partial charge in [-0.25, -0.2) is 9.59 Å². The molecule has 0 radical (unpaired) electrons. The Morgan fingerprint density at radius 3 is 2.62 bits per heavy atom. The van der Waals surface area contributed by atoms with Crippen LogP contribution >= 0.6 is 0 Å². The number of esters is 2. The van der Waals surface area contributed by atoms with Gasteiger partial charge in [-0.1, -0.05) is 12.1 Å². The monoisotopic (exact) mass is 401 g/mol. The minimum absolute atomic E-state index is 0.0230. The smallest absolute Gasteiger partial charge is 0.337 e. The Kier molecular flexibility index (Phi) is 6.69. The number of carbonyl (C=O) groups is 2. The molecule has 1 aromatic carbocycles. The van der Waals surface area contributed by atoms with E-state index in [0.717, 1.165) is 7.11 Å². The highest BCUT2D eigenvalue weighted by molar-refractivity contribution is 6.00. The van der Waals surface area contributed by atoms with Crippen molar-refractivity contribution in [3.8, 4) is 6.07 Å². The number of nitrogens with one attached hydrogen (secondary N) is 1. The molecule has 0 saturated carbocycles. The van der Waals surface area contributed by atoms with E-state index in [4.69, 9.17) is 9.47 Å². The van der Waals surface area contributed by atoms with Gasteiger partial charge < -0.3 is 19.9 Å². The number of hydrogen-bond donors (Lipinski definition) is 2. The Morgan fingerprint density at radius 2 is 2.07 bits per heavy atom. The number of aliphatic hydroxyl groups is 1. The van der Waals surface area contributed by atoms with Crippen molar-refractivity contribution in [2.45, 2.75) is 25.9 Å². The third-order valence-electron chi connectivity index (χ3n) is 4.28. The average Bonchev–Trinajstić information content (AvgIpc) is 2.71. The fourth-order valence-electron chi connectivity index (χ4n) is 2.95. The third-order valence-corrected chi connectivity index (χ3v) is 4.28. The van der Waals surface area contributed by atoms with E-state index in [-0.39, 0.29) is 33.8 Å². The molecule has 0 aromatic heterocycles. The van der Waals surface area contributed by atoms with Crippen LogP contribution in [-0.2, 0) is 19.1 Å². The Bertz CT molecular complexity index is 959. The lowest BCUT2D eigenvalue weighted by molar-refractivity contribution is -0.384. The molecule has 1 aliphatic rings. The average molecular weight is 401 g/mol. The van der Waals surface area contributed by atoms with Gasteiger partial charge in [0.15, 0.2) is 0 Å². The lowest BCUT2D eigenvalue weighted by Crippen LogP contribution is -2.34. The number of nitro benzene ring substituents is 1. The van der Waals surface area contributed by atoms with E-state index >= 15 is 0 Å². The van der Waals surface area contributed by atoms with Crippen LogP contribution in [0.5, 0.6) is 0 Å². The summed E-state index contributed by atoms with van der Waals surface area (Å²) in [4.78, 5) is 35.9. The van der Waals surface area contributed by atoms with E-state index in [2.05, 4.69) is 5.32 Å². The molecule has 1 aromatic rings. The molecule has 0 fully saturated rings. The number of allylic oxidation sites excluding steroid dienone is 2. The third kappa shape index (κ3) is 4.41. The summed E-state index contributed by atoms with van der Waals surface area (Å²) in [6, 6.07) is 7.24. The number of methoxy groups -OCH3 is 1. The zero-order chi connectivity index (χ0) is 21.7. The van der Waals surface area contributed by atoms with Crippen molar-refractivity contribution >= 4 is 17.6 Å². The Balaban J connectivity index is 2.73. The quantitative estimate of drug-likeness (QED) is 0.409. The molecule has 1 aliphatic heterocycles. The van der Waals surface area contributed by atoms with Crippen LogP contribution in [0.3, 0.4) is 0 Å². The van der Waals surface area contributed by atoms with Gasteiger partial charge in [-0.05, 0) is 19.4 Å². The number of hydrogen-bond acceptors (Lipinski definition) is 9. The van der Waals surface area contributed by atoms with E-state index < -0.39 is 35.5 Å². The molecule has 0 amide bonds. The summed E-state index contributed by atoms with van der Waals surface area (Å²) in [6.45, 7) is 2.57. The molecule has 0 spiro atoms. The van der Waals surface area contributed by atoms with Crippen molar-refractivity contribution in [2.24, 2.45) is 0 Å². The van der Waals surface area contributed by atoms with Crippen molar-refractivity contribution < 1.29 is 29.1 Å². The number of nitrogens with zero attached hydrogens (tertiary/aromatic N) is 2. The summed E-state index contributed by atoms with van der Waals surface area (Å²) in [7, 11) is 1.12. The second kappa shape index (κ2) is 8.99. The number of dihydropyridines is 1. The van der Waals surface area contributed by atoms with Crippen LogP contribution in [0.1, 0.15) is 25.3 Å². The number of aliphatic hydroxyl groups excluding tert-OH is 1. The molecule has 1 heterocycles. The first kappa shape index (κ1) is 21.6. The molecule has 0 aliphatic carbocycles. The number of rotatable bonds is 6. The van der Waals surface area contributed by atoms with Gasteiger partial charge in [-0.15, -0.1) is 0 Å². The van der Waals surface area contributed by atoms with Crippen LogP contribution in [0.25, 0.3) is 0 Å². The van der Waals surface area contributed by atoms with Crippen LogP contribution in [0.2, 0.25) is 0 Å². The summed E-state index contributed by atoms with van der Waals surface area (Å²) < 4.78 is 9.97. The van der Waals surface area contributed by atoms with Crippen LogP contribution in [0.15, 0.2) is 46.8 Å². The Morgan fingerprint density at radius 1 is 1.38 bits per heavy atom. The van der Waals surface area contributed by atoms with Crippen molar-refractivity contribution in [3.05, 3.63) is 62.5 Å². The fourth-order valence-corrected chi connectivity index (χ4v) is 2.95. The topological polar surface area (TPSA) is 152 Å². The summed E-state index contributed by atoms with van der Waals surface area (Å²) in [6.07, 6.45) is -0.823. The molecule has 29 heavy (non-hydrogen) atoms. The highest BCUT2D eigenvalue weighted by Gasteiger charge is 2.39. The van der Waals surface area contributed by atoms with Crippen LogP contribution < -0.4 is 5.32 Å². The predicted molar refractivity (Wildman–Crippen MR) is 99.0 cm³/mol. The molecule has 10 heteroatoms. The fraction of sp³-hybridized carbons (Fsp3) is 0.316. The number of nitro groups is 1. The predicted octanol–water partition coefficient (Wildman–Crippen LogP) is 1.43. The van der Waals surface area contributed by atoms with Crippen molar-refractivity contribution in [1.82, 2.24) is 5.32 Å². The highest BCUT2D eigenvalue weighted by Crippen LogP contribution is 2.40. The molecule has 2 unspecified atom stereocenters. The second-order valence-electron chi connectivity index (χ2n) is 6.24. The molecule has 0 saturated heterocycles. The maximum Gasteiger partial charge on any atom is 0.337 e. The van der Waals surface area contributed by atoms with Gasteiger partial charge >= 0.3 is 11.9 Å². The van der Waals surface area contributed by atoms with Crippen LogP contribution in [0, 0.1) is 21.4 Å². The van der Waals surface area contributed by atoms with Gasteiger partial charge in [-0.2, -0.15) is 5.26 Å². The Labute approximate surface area is 166 Å². The molecule has 2 atom stereocenters. The van der Waals surface area contributed by atoms with Crippen molar-refractivity contribution in [1.29, 1.82) is 5.26 Å². The number of nitriles is 1. The summed E-state index contributed by atoms with van der Waals surface area (Å²) in [5.74, 6) is -2.86. The van der Waals surface area contributed by atoms with Gasteiger partial charge in [-0.3, -0.25) is 10.1 Å². The summed E-state index contributed by atoms with van der Waals surface area (Å²) in [5.41, 5.74) is -0.122. The summed E-state index contributed by atoms with van der Waals surface area (Å²) in [5, 5.41) is 32.5. The molecule has 2 rings (SSSR count). The van der Waals surface area contributed by atoms with Crippen molar-refractivity contribution in [2.75, 3.05) is 13.7 Å². The van der Waals surface area contributed by atoms with Gasteiger partial charge in [0, 0.05) is 17.8 Å². The van der Waals surface area contributed by atoms with E-state index in [1.807, 2.05) is 6.07 Å². The maximum absolute atomic E-state index is 12.8. The van der Waals surface area contributed by atoms with Crippen molar-refractivity contribution in [3.63, 3.8) is 0 Å². The molecule has 2 N–H and O–H groups in total. The van der Waals surface area contributed by atoms with Gasteiger partial charge in [0.1, 0.15) is 17.9 Å². The molecular weight excluding hydrogens is 382 g/mol. The number of carbonyl (C=O) groups excluding carboxylic acids is 2. The lowest BCUT2D eigenvalue weighted by Gasteiger charge is -2.29. The number of benzene rings is 1. The standard InChI is InChI=1S/C19H19N3O7/c1-10(9-23)29-19(25)15-11(2)21-14(8-20)17(18(24)28-3)16(15)12-5-4-6-13(7-12)22(26)27/h4-7,10,16,21,23H,9H2,1-3H3. The first-order chi connectivity index (χ1) is 13.7. The van der Waals surface area contributed by atoms with E-state index in [9.17, 15) is 30.1 Å². The maximum atomic E-state index is 12.8. The molecule has 10 nitrogen and oxygen atoms in total. The van der Waals surface area contributed by atoms with Gasteiger partial charge in [0.05, 0.1) is 35.7 Å². The van der Waals surface area contributed by atoms with E-state index in [1.165, 1.54) is 38.1 Å². The zero-order valence-electron chi connectivity index (χ0n) is 16.0. The molecular formula is C19H19N3O7. The number of non-ortho nitro benzene ring substituents is 1. The number of ether oxygens (including phenoxy) is 2. The minimum Gasteiger partial charge on any atom is -0.466 e. The van der Waals surface area contributed by atoms with E-state index in [0.29, 0.717) is 0 Å². The van der Waals surface area contributed by atoms with Gasteiger partial charge in [0.25, 0.3) is 5.69 Å². The van der Waals surface area contributed by atoms with E-state index in [1.54, 1.807) is 0 Å². The normalized spacial score (nSPS) is 17.1. The highest BCUT2D eigenvalue weighted by atomic mass is 16.6. The Hall–Kier alpha value is -3.71. The first-order valence-electron chi connectivity index (χ1n) is 8.51. The first-order valence-corrected chi connectivity index (χ1v) is 8.51. The van der Waals surface area contributed by atoms with Crippen LogP contribution in [0.4, 0.5) is 5.69 Å². The molecule has 152 valence electrons. The largest absolute Gasteiger partial charge is 0.466 e. The van der Waals surface area contributed by atoms with Gasteiger partial charge in [0.2, 0.25) is 0 Å². The summed E-state index contributed by atoms with van der Waals surface area (Å²) >= 11 is 0. The zero-order valence-corrected chi connectivity index (χ0v) is 16.0. The minimum atomic E-state index is -1.14.